The second kappa shape index (κ2) is 9.76. The molecule has 0 aliphatic carbocycles. The van der Waals surface area contributed by atoms with Crippen LogP contribution in [0.1, 0.15) is 24.0 Å². The molecule has 1 atom stereocenters. The summed E-state index contributed by atoms with van der Waals surface area (Å²) in [6, 6.07) is 19.6. The highest BCUT2D eigenvalue weighted by atomic mass is 16.6. The minimum Gasteiger partial charge on any atom is -0.445 e. The molecule has 1 heterocycles. The molecular weight excluding hydrogens is 378 g/mol. The number of likely N-dealkylation sites (tertiary alicyclic amines) is 1. The topological polar surface area (TPSA) is 53.1 Å². The smallest absolute Gasteiger partial charge is 0.410 e. The summed E-state index contributed by atoms with van der Waals surface area (Å²) in [6.07, 6.45) is 1.73. The molecule has 0 unspecified atom stereocenters. The molecule has 30 heavy (non-hydrogen) atoms. The highest BCUT2D eigenvalue weighted by Gasteiger charge is 2.45. The molecule has 0 spiro atoms. The molecule has 2 amide bonds. The fourth-order valence-electron chi connectivity index (χ4n) is 4.00. The van der Waals surface area contributed by atoms with Crippen LogP contribution < -0.4 is 0 Å². The first-order chi connectivity index (χ1) is 14.4. The molecule has 2 aromatic rings. The first-order valence-corrected chi connectivity index (χ1v) is 10.4. The molecule has 3 rings (SSSR count). The summed E-state index contributed by atoms with van der Waals surface area (Å²) in [7, 11) is 5.48. The monoisotopic (exact) mass is 409 g/mol. The standard InChI is InChI=1S/C24H31N3O3/c1-25(2)26(3)22(28)24(17-20-11-6-4-7-12-20)15-10-16-27(19-24)23(29)30-18-21-13-8-5-9-14-21/h4-9,11-14H,10,15-19H2,1-3H3/t24-/m1/s1. The van der Waals surface area contributed by atoms with Gasteiger partial charge in [0.25, 0.3) is 0 Å². The number of carbonyl (C=O) groups is 2. The summed E-state index contributed by atoms with van der Waals surface area (Å²) in [5, 5.41) is 3.42. The van der Waals surface area contributed by atoms with Gasteiger partial charge >= 0.3 is 6.09 Å². The Labute approximate surface area is 179 Å². The van der Waals surface area contributed by atoms with Gasteiger partial charge in [-0.3, -0.25) is 9.80 Å². The van der Waals surface area contributed by atoms with Crippen LogP contribution in [0.2, 0.25) is 0 Å². The van der Waals surface area contributed by atoms with Gasteiger partial charge in [-0.25, -0.2) is 9.80 Å². The van der Waals surface area contributed by atoms with Crippen molar-refractivity contribution in [1.29, 1.82) is 0 Å². The minimum absolute atomic E-state index is 0.0249. The average molecular weight is 410 g/mol. The highest BCUT2D eigenvalue weighted by Crippen LogP contribution is 2.36. The zero-order valence-electron chi connectivity index (χ0n) is 18.1. The van der Waals surface area contributed by atoms with E-state index in [1.165, 1.54) is 0 Å². The Morgan fingerprint density at radius 3 is 2.17 bits per heavy atom. The van der Waals surface area contributed by atoms with E-state index in [1.807, 2.05) is 74.8 Å². The third-order valence-electron chi connectivity index (χ3n) is 5.77. The van der Waals surface area contributed by atoms with Crippen LogP contribution in [-0.2, 0) is 22.6 Å². The van der Waals surface area contributed by atoms with Crippen LogP contribution in [-0.4, -0.2) is 61.2 Å². The summed E-state index contributed by atoms with van der Waals surface area (Å²) >= 11 is 0. The van der Waals surface area contributed by atoms with E-state index in [1.54, 1.807) is 22.0 Å². The average Bonchev–Trinajstić information content (AvgIpc) is 2.78. The van der Waals surface area contributed by atoms with Gasteiger partial charge in [0, 0.05) is 34.2 Å². The van der Waals surface area contributed by atoms with Crippen molar-refractivity contribution in [3.8, 4) is 0 Å². The number of benzene rings is 2. The van der Waals surface area contributed by atoms with Gasteiger partial charge in [0.15, 0.2) is 0 Å². The van der Waals surface area contributed by atoms with Crippen molar-refractivity contribution >= 4 is 12.0 Å². The Kier molecular flexibility index (Phi) is 7.11. The van der Waals surface area contributed by atoms with Gasteiger partial charge in [0.05, 0.1) is 5.41 Å². The predicted octanol–water partition coefficient (Wildman–Crippen LogP) is 3.58. The molecule has 1 saturated heterocycles. The van der Waals surface area contributed by atoms with E-state index in [0.717, 1.165) is 24.0 Å². The summed E-state index contributed by atoms with van der Waals surface area (Å²) in [4.78, 5) is 28.0. The van der Waals surface area contributed by atoms with E-state index < -0.39 is 5.41 Å². The Balaban J connectivity index is 1.77. The SMILES string of the molecule is CN(C)N(C)C(=O)[C@@]1(Cc2ccccc2)CCCN(C(=O)OCc2ccccc2)C1. The maximum atomic E-state index is 13.5. The lowest BCUT2D eigenvalue weighted by atomic mass is 9.74. The molecule has 0 bridgehead atoms. The van der Waals surface area contributed by atoms with Crippen molar-refractivity contribution in [3.63, 3.8) is 0 Å². The van der Waals surface area contributed by atoms with Crippen LogP contribution in [0, 0.1) is 5.41 Å². The van der Waals surface area contributed by atoms with Crippen molar-refractivity contribution in [2.45, 2.75) is 25.9 Å². The Morgan fingerprint density at radius 1 is 0.967 bits per heavy atom. The largest absolute Gasteiger partial charge is 0.445 e. The molecule has 1 fully saturated rings. The van der Waals surface area contributed by atoms with Gasteiger partial charge < -0.3 is 9.64 Å². The van der Waals surface area contributed by atoms with E-state index in [2.05, 4.69) is 0 Å². The fourth-order valence-corrected chi connectivity index (χ4v) is 4.00. The van der Waals surface area contributed by atoms with Gasteiger partial charge in [0.2, 0.25) is 5.91 Å². The van der Waals surface area contributed by atoms with Gasteiger partial charge in [-0.05, 0) is 30.4 Å². The van der Waals surface area contributed by atoms with Crippen LogP contribution in [0.25, 0.3) is 0 Å². The van der Waals surface area contributed by atoms with Gasteiger partial charge in [-0.1, -0.05) is 60.7 Å². The number of carbonyl (C=O) groups excluding carboxylic acids is 2. The summed E-state index contributed by atoms with van der Waals surface area (Å²) in [5.41, 5.74) is 1.36. The quantitative estimate of drug-likeness (QED) is 0.685. The van der Waals surface area contributed by atoms with Crippen molar-refractivity contribution < 1.29 is 14.3 Å². The molecule has 160 valence electrons. The van der Waals surface area contributed by atoms with Gasteiger partial charge in [0.1, 0.15) is 6.61 Å². The maximum Gasteiger partial charge on any atom is 0.410 e. The zero-order valence-corrected chi connectivity index (χ0v) is 18.1. The molecule has 6 heteroatoms. The number of hydrazine groups is 1. The highest BCUT2D eigenvalue weighted by molar-refractivity contribution is 5.83. The van der Waals surface area contributed by atoms with Crippen LogP contribution in [0.4, 0.5) is 4.79 Å². The Hall–Kier alpha value is -2.86. The lowest BCUT2D eigenvalue weighted by molar-refractivity contribution is -0.156. The van der Waals surface area contributed by atoms with Crippen molar-refractivity contribution in [2.75, 3.05) is 34.2 Å². The number of ether oxygens (including phenoxy) is 1. The van der Waals surface area contributed by atoms with Crippen molar-refractivity contribution in [1.82, 2.24) is 14.9 Å². The Morgan fingerprint density at radius 2 is 1.57 bits per heavy atom. The Bertz CT molecular complexity index is 841. The van der Waals surface area contributed by atoms with E-state index in [4.69, 9.17) is 4.74 Å². The maximum absolute atomic E-state index is 13.5. The number of hydrogen-bond acceptors (Lipinski definition) is 4. The van der Waals surface area contributed by atoms with Crippen LogP contribution in [0.5, 0.6) is 0 Å². The molecule has 2 aromatic carbocycles. The lowest BCUT2D eigenvalue weighted by Gasteiger charge is -2.44. The van der Waals surface area contributed by atoms with E-state index in [0.29, 0.717) is 19.5 Å². The normalized spacial score (nSPS) is 18.9. The summed E-state index contributed by atoms with van der Waals surface area (Å²) in [6.45, 7) is 1.18. The van der Waals surface area contributed by atoms with Crippen LogP contribution in [0.15, 0.2) is 60.7 Å². The number of nitrogens with zero attached hydrogens (tertiary/aromatic N) is 3. The second-order valence-electron chi connectivity index (χ2n) is 8.18. The first kappa shape index (κ1) is 21.8. The van der Waals surface area contributed by atoms with E-state index in [-0.39, 0.29) is 18.6 Å². The molecule has 1 aliphatic rings. The molecule has 0 radical (unpaired) electrons. The molecule has 6 nitrogen and oxygen atoms in total. The molecule has 0 saturated carbocycles. The summed E-state index contributed by atoms with van der Waals surface area (Å²) < 4.78 is 5.55. The summed E-state index contributed by atoms with van der Waals surface area (Å²) in [5.74, 6) is 0.0249. The zero-order chi connectivity index (χ0) is 21.6. The number of piperidine rings is 1. The van der Waals surface area contributed by atoms with Gasteiger partial charge in [-0.15, -0.1) is 0 Å². The predicted molar refractivity (Wildman–Crippen MR) is 116 cm³/mol. The molecule has 0 aromatic heterocycles. The minimum atomic E-state index is -0.676. The third kappa shape index (κ3) is 5.19. The van der Waals surface area contributed by atoms with E-state index in [9.17, 15) is 9.59 Å². The molecular formula is C24H31N3O3. The van der Waals surface area contributed by atoms with Gasteiger partial charge in [-0.2, -0.15) is 0 Å². The van der Waals surface area contributed by atoms with E-state index >= 15 is 0 Å². The third-order valence-corrected chi connectivity index (χ3v) is 5.77. The second-order valence-corrected chi connectivity index (χ2v) is 8.18. The molecule has 1 aliphatic heterocycles. The van der Waals surface area contributed by atoms with Crippen molar-refractivity contribution in [2.24, 2.45) is 5.41 Å². The number of rotatable bonds is 6. The van der Waals surface area contributed by atoms with Crippen LogP contribution >= 0.6 is 0 Å². The fraction of sp³-hybridized carbons (Fsp3) is 0.417. The van der Waals surface area contributed by atoms with Crippen molar-refractivity contribution in [3.05, 3.63) is 71.8 Å². The lowest BCUT2D eigenvalue weighted by Crippen LogP contribution is -2.56. The molecule has 0 N–H and O–H groups in total. The number of amides is 2. The van der Waals surface area contributed by atoms with Crippen LogP contribution in [0.3, 0.4) is 0 Å². The number of hydrogen-bond donors (Lipinski definition) is 0. The first-order valence-electron chi connectivity index (χ1n) is 10.4.